The number of carbonyl (C=O) groups is 1. The molecule has 5 atom stereocenters. The summed E-state index contributed by atoms with van der Waals surface area (Å²) in [5.74, 6) is 0.830. The lowest BCUT2D eigenvalue weighted by Crippen LogP contribution is -2.69. The topological polar surface area (TPSA) is 62.2 Å². The minimum atomic E-state index is -0.675. The van der Waals surface area contributed by atoms with Crippen LogP contribution in [0.4, 0.5) is 5.69 Å². The van der Waals surface area contributed by atoms with Crippen molar-refractivity contribution in [1.82, 2.24) is 4.98 Å². The van der Waals surface area contributed by atoms with Crippen molar-refractivity contribution in [3.05, 3.63) is 109 Å². The second kappa shape index (κ2) is 10.2. The predicted octanol–water partition coefficient (Wildman–Crippen LogP) is 5.99. The minimum Gasteiger partial charge on any atom is -0.382 e. The van der Waals surface area contributed by atoms with E-state index in [1.807, 2.05) is 66.7 Å². The molecule has 2 N–H and O–H groups in total. The Labute approximate surface area is 224 Å². The summed E-state index contributed by atoms with van der Waals surface area (Å²) in [6.45, 7) is 6.15. The van der Waals surface area contributed by atoms with E-state index in [1.165, 1.54) is 0 Å². The van der Waals surface area contributed by atoms with E-state index in [4.69, 9.17) is 0 Å². The van der Waals surface area contributed by atoms with Crippen molar-refractivity contribution in [2.75, 3.05) is 25.0 Å². The molecule has 192 valence electrons. The molecule has 4 heterocycles. The number of aromatic nitrogens is 1. The number of rotatable bonds is 7. The van der Waals surface area contributed by atoms with E-state index in [9.17, 15) is 9.90 Å². The summed E-state index contributed by atoms with van der Waals surface area (Å²) in [7, 11) is 0. The van der Waals surface area contributed by atoms with Crippen LogP contribution in [0.2, 0.25) is 0 Å². The molecule has 4 unspecified atom stereocenters. The highest BCUT2D eigenvalue weighted by molar-refractivity contribution is 5.92. The largest absolute Gasteiger partial charge is 0.382 e. The summed E-state index contributed by atoms with van der Waals surface area (Å²) in [6, 6.07) is 28.0. The zero-order chi connectivity index (χ0) is 26.1. The Hall–Kier alpha value is -3.80. The van der Waals surface area contributed by atoms with Crippen LogP contribution in [-0.2, 0) is 4.79 Å². The van der Waals surface area contributed by atoms with Crippen LogP contribution < -0.4 is 5.32 Å². The fraction of sp³-hybridized carbons (Fsp3) is 0.273. The standard InChI is InChI=1S/C33H33N3O2/c1-2-23-21-36(22-32(37)35-27-12-8-11-25(19-27)24-9-4-3-5-10-24)18-16-26(23)20-31(36)33(38)29-15-17-34-30-14-7-6-13-28(29)30/h2-15,17,19,23,26,31,33,38H,1,16,18,20-22H2/p+1/t23?,26?,31?,33?,36-/m0/s1. The Morgan fingerprint density at radius 1 is 1.05 bits per heavy atom. The average molecular weight is 505 g/mol. The molecular weight excluding hydrogens is 470 g/mol. The number of para-hydroxylation sites is 1. The monoisotopic (exact) mass is 504 g/mol. The summed E-state index contributed by atoms with van der Waals surface area (Å²) in [5, 5.41) is 16.0. The first-order chi connectivity index (χ1) is 18.6. The zero-order valence-corrected chi connectivity index (χ0v) is 21.5. The number of fused-ring (bicyclic) bond motifs is 4. The van der Waals surface area contributed by atoms with Gasteiger partial charge in [0.15, 0.2) is 6.54 Å². The van der Waals surface area contributed by atoms with Gasteiger partial charge in [-0.15, -0.1) is 6.58 Å². The fourth-order valence-electron chi connectivity index (χ4n) is 6.86. The molecule has 0 saturated carbocycles. The van der Waals surface area contributed by atoms with Gasteiger partial charge in [-0.3, -0.25) is 9.78 Å². The molecule has 5 heteroatoms. The van der Waals surface area contributed by atoms with Crippen LogP contribution in [0.5, 0.6) is 0 Å². The van der Waals surface area contributed by atoms with Gasteiger partial charge >= 0.3 is 0 Å². The Bertz CT molecular complexity index is 1460. The first-order valence-electron chi connectivity index (χ1n) is 13.5. The van der Waals surface area contributed by atoms with Gasteiger partial charge < -0.3 is 14.9 Å². The van der Waals surface area contributed by atoms with E-state index in [2.05, 4.69) is 41.2 Å². The van der Waals surface area contributed by atoms with Crippen LogP contribution in [0.25, 0.3) is 22.0 Å². The highest BCUT2D eigenvalue weighted by atomic mass is 16.3. The number of aliphatic hydroxyl groups excluding tert-OH is 1. The van der Waals surface area contributed by atoms with Crippen molar-refractivity contribution in [2.45, 2.75) is 25.0 Å². The maximum Gasteiger partial charge on any atom is 0.279 e. The summed E-state index contributed by atoms with van der Waals surface area (Å²) in [5.41, 5.74) is 4.76. The number of amides is 1. The van der Waals surface area contributed by atoms with E-state index in [-0.39, 0.29) is 11.9 Å². The second-order valence-corrected chi connectivity index (χ2v) is 10.9. The molecule has 7 rings (SSSR count). The first-order valence-corrected chi connectivity index (χ1v) is 13.5. The van der Waals surface area contributed by atoms with Crippen LogP contribution in [0, 0.1) is 11.8 Å². The second-order valence-electron chi connectivity index (χ2n) is 10.9. The van der Waals surface area contributed by atoms with Gasteiger partial charge in [0.1, 0.15) is 12.1 Å². The van der Waals surface area contributed by atoms with Crippen LogP contribution in [-0.4, -0.2) is 46.2 Å². The molecule has 3 aromatic carbocycles. The van der Waals surface area contributed by atoms with Crippen LogP contribution in [0.3, 0.4) is 0 Å². The molecule has 2 bridgehead atoms. The molecule has 38 heavy (non-hydrogen) atoms. The molecule has 0 aliphatic carbocycles. The number of nitrogens with one attached hydrogen (secondary N) is 1. The Morgan fingerprint density at radius 2 is 1.84 bits per heavy atom. The number of benzene rings is 3. The van der Waals surface area contributed by atoms with Crippen molar-refractivity contribution in [3.63, 3.8) is 0 Å². The SMILES string of the molecule is C=CC1C[N@+]2(CC(=O)Nc3cccc(-c4ccccc4)c3)CCC1CC2C(O)c1ccnc2ccccc12. The van der Waals surface area contributed by atoms with Crippen molar-refractivity contribution in [2.24, 2.45) is 11.8 Å². The molecule has 0 spiro atoms. The van der Waals surface area contributed by atoms with E-state index in [1.54, 1.807) is 6.20 Å². The lowest BCUT2D eigenvalue weighted by atomic mass is 9.71. The molecule has 1 aromatic heterocycles. The van der Waals surface area contributed by atoms with E-state index >= 15 is 0 Å². The quantitative estimate of drug-likeness (QED) is 0.240. The lowest BCUT2D eigenvalue weighted by Gasteiger charge is -2.57. The third kappa shape index (κ3) is 4.53. The summed E-state index contributed by atoms with van der Waals surface area (Å²) >= 11 is 0. The number of carbonyl (C=O) groups excluding carboxylic acids is 1. The van der Waals surface area contributed by atoms with Gasteiger partial charge in [0, 0.05) is 36.0 Å². The number of pyridine rings is 1. The van der Waals surface area contributed by atoms with Crippen LogP contribution >= 0.6 is 0 Å². The van der Waals surface area contributed by atoms with E-state index in [0.29, 0.717) is 22.9 Å². The number of quaternary nitrogens is 1. The minimum absolute atomic E-state index is 0.0184. The summed E-state index contributed by atoms with van der Waals surface area (Å²) in [4.78, 5) is 18.1. The Morgan fingerprint density at radius 3 is 2.68 bits per heavy atom. The van der Waals surface area contributed by atoms with E-state index in [0.717, 1.165) is 59.2 Å². The fourth-order valence-corrected chi connectivity index (χ4v) is 6.86. The molecule has 3 aliphatic rings. The molecule has 0 radical (unpaired) electrons. The third-order valence-electron chi connectivity index (χ3n) is 8.75. The maximum atomic E-state index is 13.6. The van der Waals surface area contributed by atoms with Crippen molar-refractivity contribution in [1.29, 1.82) is 0 Å². The number of hydrogen-bond acceptors (Lipinski definition) is 3. The predicted molar refractivity (Wildman–Crippen MR) is 152 cm³/mol. The Balaban J connectivity index is 1.28. The van der Waals surface area contributed by atoms with Crippen LogP contribution in [0.15, 0.2) is 104 Å². The van der Waals surface area contributed by atoms with E-state index < -0.39 is 6.10 Å². The number of aliphatic hydroxyl groups is 1. The summed E-state index contributed by atoms with van der Waals surface area (Å²) in [6.07, 6.45) is 5.09. The highest BCUT2D eigenvalue weighted by Crippen LogP contribution is 2.47. The number of nitrogens with zero attached hydrogens (tertiary/aromatic N) is 2. The van der Waals surface area contributed by atoms with Crippen molar-refractivity contribution >= 4 is 22.5 Å². The van der Waals surface area contributed by atoms with Gasteiger partial charge in [-0.2, -0.15) is 0 Å². The molecular formula is C33H34N3O2+. The maximum absolute atomic E-state index is 13.6. The zero-order valence-electron chi connectivity index (χ0n) is 21.5. The number of piperidine rings is 3. The lowest BCUT2D eigenvalue weighted by molar-refractivity contribution is -0.966. The molecule has 5 nitrogen and oxygen atoms in total. The Kier molecular flexibility index (Phi) is 6.56. The van der Waals surface area contributed by atoms with Gasteiger partial charge in [-0.1, -0.05) is 66.7 Å². The number of hydrogen-bond donors (Lipinski definition) is 2. The highest BCUT2D eigenvalue weighted by Gasteiger charge is 2.54. The molecule has 4 aromatic rings. The average Bonchev–Trinajstić information content (AvgIpc) is 2.97. The molecule has 3 fully saturated rings. The number of anilines is 1. The van der Waals surface area contributed by atoms with Gasteiger partial charge in [0.25, 0.3) is 5.91 Å². The first kappa shape index (κ1) is 24.5. The normalized spacial score (nSPS) is 25.1. The molecule has 3 aliphatic heterocycles. The van der Waals surface area contributed by atoms with Gasteiger partial charge in [0.2, 0.25) is 0 Å². The van der Waals surface area contributed by atoms with Crippen molar-refractivity contribution < 1.29 is 14.4 Å². The summed E-state index contributed by atoms with van der Waals surface area (Å²) < 4.78 is 0.579. The van der Waals surface area contributed by atoms with Gasteiger partial charge in [-0.25, -0.2) is 0 Å². The van der Waals surface area contributed by atoms with Gasteiger partial charge in [0.05, 0.1) is 18.6 Å². The molecule has 1 amide bonds. The van der Waals surface area contributed by atoms with Crippen LogP contribution in [0.1, 0.15) is 24.5 Å². The third-order valence-corrected chi connectivity index (χ3v) is 8.75. The van der Waals surface area contributed by atoms with Crippen molar-refractivity contribution in [3.8, 4) is 11.1 Å². The smallest absolute Gasteiger partial charge is 0.279 e. The van der Waals surface area contributed by atoms with Gasteiger partial charge in [-0.05, 0) is 46.9 Å². The molecule has 3 saturated heterocycles.